The first-order valence-electron chi connectivity index (χ1n) is 5.83. The van der Waals surface area contributed by atoms with Gasteiger partial charge in [0, 0.05) is 12.3 Å². The average molecular weight is 255 g/mol. The van der Waals surface area contributed by atoms with E-state index in [-0.39, 0.29) is 17.0 Å². The number of hydrogen-bond donors (Lipinski definition) is 0. The van der Waals surface area contributed by atoms with Crippen LogP contribution in [0.4, 0.5) is 0 Å². The summed E-state index contributed by atoms with van der Waals surface area (Å²) in [6.07, 6.45) is 3.35. The Hall–Kier alpha value is -2.56. The van der Waals surface area contributed by atoms with E-state index in [0.29, 0.717) is 11.5 Å². The second-order valence-corrected chi connectivity index (χ2v) is 4.08. The maximum absolute atomic E-state index is 11.1. The number of hydrogen-bond acceptors (Lipinski definition) is 4. The molecule has 0 aliphatic heterocycles. The normalized spacial score (nSPS) is 11.3. The van der Waals surface area contributed by atoms with E-state index in [2.05, 4.69) is 9.97 Å². The van der Waals surface area contributed by atoms with Crippen molar-refractivity contribution in [3.8, 4) is 0 Å². The molecule has 0 aliphatic rings. The maximum Gasteiger partial charge on any atom is 0.252 e. The molecule has 0 amide bonds. The minimum Gasteiger partial charge on any atom is -0.259 e. The molecule has 5 heteroatoms. The lowest BCUT2D eigenvalue weighted by Crippen LogP contribution is -2.03. The fraction of sp³-hybridized carbons (Fsp3) is 0.143. The summed E-state index contributed by atoms with van der Waals surface area (Å²) < 4.78 is 0. The van der Waals surface area contributed by atoms with Gasteiger partial charge in [-0.2, -0.15) is 0 Å². The van der Waals surface area contributed by atoms with Gasteiger partial charge in [0.05, 0.1) is 17.0 Å². The lowest BCUT2D eigenvalue weighted by atomic mass is 10.1. The molecule has 0 aliphatic carbocycles. The molecule has 2 aromatic rings. The summed E-state index contributed by atoms with van der Waals surface area (Å²) in [4.78, 5) is 18.8. The van der Waals surface area contributed by atoms with E-state index in [1.165, 1.54) is 6.08 Å². The van der Waals surface area contributed by atoms with Gasteiger partial charge in [-0.15, -0.1) is 0 Å². The SMILES string of the molecule is Cc1nccc(/C=C(/Cc2ccccc2)[N+](=O)[O-])n1. The van der Waals surface area contributed by atoms with Crippen molar-refractivity contribution < 1.29 is 4.92 Å². The van der Waals surface area contributed by atoms with Crippen LogP contribution >= 0.6 is 0 Å². The molecule has 1 heterocycles. The van der Waals surface area contributed by atoms with Gasteiger partial charge in [-0.3, -0.25) is 10.1 Å². The number of aryl methyl sites for hydroxylation is 1. The zero-order valence-corrected chi connectivity index (χ0v) is 10.5. The van der Waals surface area contributed by atoms with Crippen LogP contribution in [0.15, 0.2) is 48.3 Å². The van der Waals surface area contributed by atoms with Gasteiger partial charge in [-0.05, 0) is 18.6 Å². The molecule has 0 N–H and O–H groups in total. The molecule has 19 heavy (non-hydrogen) atoms. The van der Waals surface area contributed by atoms with Gasteiger partial charge < -0.3 is 0 Å². The quantitative estimate of drug-likeness (QED) is 0.622. The fourth-order valence-electron chi connectivity index (χ4n) is 1.70. The van der Waals surface area contributed by atoms with E-state index in [1.807, 2.05) is 30.3 Å². The smallest absolute Gasteiger partial charge is 0.252 e. The molecule has 0 radical (unpaired) electrons. The van der Waals surface area contributed by atoms with E-state index in [1.54, 1.807) is 19.2 Å². The number of aromatic nitrogens is 2. The number of nitrogens with zero attached hydrogens (tertiary/aromatic N) is 3. The summed E-state index contributed by atoms with van der Waals surface area (Å²) in [5.74, 6) is 0.594. The van der Waals surface area contributed by atoms with E-state index in [9.17, 15) is 10.1 Å². The minimum absolute atomic E-state index is 0.115. The zero-order chi connectivity index (χ0) is 13.7. The monoisotopic (exact) mass is 255 g/mol. The number of benzene rings is 1. The molecule has 0 saturated carbocycles. The Morgan fingerprint density at radius 1 is 1.32 bits per heavy atom. The number of allylic oxidation sites excluding steroid dienone is 1. The molecule has 0 bridgehead atoms. The van der Waals surface area contributed by atoms with Gasteiger partial charge in [0.2, 0.25) is 0 Å². The number of nitro groups is 1. The molecule has 0 saturated heterocycles. The van der Waals surface area contributed by atoms with Crippen molar-refractivity contribution in [2.75, 3.05) is 0 Å². The fourth-order valence-corrected chi connectivity index (χ4v) is 1.70. The first kappa shape index (κ1) is 12.9. The van der Waals surface area contributed by atoms with Crippen LogP contribution in [0.2, 0.25) is 0 Å². The van der Waals surface area contributed by atoms with Crippen molar-refractivity contribution in [3.63, 3.8) is 0 Å². The Bertz CT molecular complexity index is 609. The molecular formula is C14H13N3O2. The van der Waals surface area contributed by atoms with Crippen LogP contribution < -0.4 is 0 Å². The second kappa shape index (κ2) is 5.86. The summed E-state index contributed by atoms with van der Waals surface area (Å²) in [7, 11) is 0. The predicted octanol–water partition coefficient (Wildman–Crippen LogP) is 2.65. The molecule has 0 fully saturated rings. The maximum atomic E-state index is 11.1. The van der Waals surface area contributed by atoms with Gasteiger partial charge in [0.15, 0.2) is 0 Å². The summed E-state index contributed by atoms with van der Waals surface area (Å²) >= 11 is 0. The molecule has 5 nitrogen and oxygen atoms in total. The van der Waals surface area contributed by atoms with Crippen molar-refractivity contribution in [3.05, 3.63) is 75.5 Å². The zero-order valence-electron chi connectivity index (χ0n) is 10.5. The lowest BCUT2D eigenvalue weighted by Gasteiger charge is -2.00. The largest absolute Gasteiger partial charge is 0.259 e. The summed E-state index contributed by atoms with van der Waals surface area (Å²) in [6, 6.07) is 11.0. The van der Waals surface area contributed by atoms with Crippen molar-refractivity contribution in [1.82, 2.24) is 9.97 Å². The molecule has 1 aromatic carbocycles. The topological polar surface area (TPSA) is 68.9 Å². The third-order valence-electron chi connectivity index (χ3n) is 2.57. The first-order valence-corrected chi connectivity index (χ1v) is 5.83. The Balaban J connectivity index is 2.28. The van der Waals surface area contributed by atoms with Crippen LogP contribution in [0, 0.1) is 17.0 Å². The highest BCUT2D eigenvalue weighted by atomic mass is 16.6. The molecule has 0 unspecified atom stereocenters. The van der Waals surface area contributed by atoms with Gasteiger partial charge in [0.25, 0.3) is 5.70 Å². The van der Waals surface area contributed by atoms with Gasteiger partial charge in [-0.1, -0.05) is 30.3 Å². The molecular weight excluding hydrogens is 242 g/mol. The van der Waals surface area contributed by atoms with Crippen molar-refractivity contribution in [2.24, 2.45) is 0 Å². The van der Waals surface area contributed by atoms with Crippen LogP contribution in [-0.4, -0.2) is 14.9 Å². The van der Waals surface area contributed by atoms with E-state index in [4.69, 9.17) is 0 Å². The highest BCUT2D eigenvalue weighted by Gasteiger charge is 2.12. The van der Waals surface area contributed by atoms with Crippen LogP contribution in [0.1, 0.15) is 17.1 Å². The highest BCUT2D eigenvalue weighted by Crippen LogP contribution is 2.12. The Morgan fingerprint density at radius 3 is 2.68 bits per heavy atom. The third-order valence-corrected chi connectivity index (χ3v) is 2.57. The third kappa shape index (κ3) is 3.70. The molecule has 96 valence electrons. The minimum atomic E-state index is -0.371. The van der Waals surface area contributed by atoms with Gasteiger partial charge in [0.1, 0.15) is 5.82 Å². The average Bonchev–Trinajstić information content (AvgIpc) is 2.39. The standard InChI is InChI=1S/C14H13N3O2/c1-11-15-8-7-13(16-11)10-14(17(18)19)9-12-5-3-2-4-6-12/h2-8,10H,9H2,1H3/b14-10-. The van der Waals surface area contributed by atoms with Crippen LogP contribution in [0.3, 0.4) is 0 Å². The van der Waals surface area contributed by atoms with E-state index in [0.717, 1.165) is 5.56 Å². The second-order valence-electron chi connectivity index (χ2n) is 4.08. The summed E-state index contributed by atoms with van der Waals surface area (Å²) in [6.45, 7) is 1.75. The van der Waals surface area contributed by atoms with Crippen LogP contribution in [0.5, 0.6) is 0 Å². The predicted molar refractivity (Wildman–Crippen MR) is 71.9 cm³/mol. The molecule has 0 spiro atoms. The van der Waals surface area contributed by atoms with E-state index >= 15 is 0 Å². The highest BCUT2D eigenvalue weighted by molar-refractivity contribution is 5.47. The Kier molecular flexibility index (Phi) is 3.97. The van der Waals surface area contributed by atoms with Crippen molar-refractivity contribution in [2.45, 2.75) is 13.3 Å². The molecule has 0 atom stereocenters. The molecule has 2 rings (SSSR count). The molecule has 1 aromatic heterocycles. The van der Waals surface area contributed by atoms with Gasteiger partial charge >= 0.3 is 0 Å². The Labute approximate surface area is 110 Å². The van der Waals surface area contributed by atoms with Crippen LogP contribution in [-0.2, 0) is 6.42 Å². The van der Waals surface area contributed by atoms with Crippen LogP contribution in [0.25, 0.3) is 6.08 Å². The summed E-state index contributed by atoms with van der Waals surface area (Å²) in [5, 5.41) is 11.1. The van der Waals surface area contributed by atoms with Gasteiger partial charge in [-0.25, -0.2) is 9.97 Å². The van der Waals surface area contributed by atoms with Crippen molar-refractivity contribution >= 4 is 6.08 Å². The summed E-state index contributed by atoms with van der Waals surface area (Å²) in [5.41, 5.74) is 1.57. The Morgan fingerprint density at radius 2 is 2.05 bits per heavy atom. The lowest BCUT2D eigenvalue weighted by molar-refractivity contribution is -0.425. The van der Waals surface area contributed by atoms with Crippen molar-refractivity contribution in [1.29, 1.82) is 0 Å². The first-order chi connectivity index (χ1) is 9.15. The number of rotatable bonds is 4. The van der Waals surface area contributed by atoms with E-state index < -0.39 is 0 Å².